The molecular weight excluding hydrogens is 328 g/mol. The number of benzene rings is 2. The van der Waals surface area contributed by atoms with Crippen molar-refractivity contribution in [1.29, 1.82) is 0 Å². The second-order valence-corrected chi connectivity index (χ2v) is 6.64. The van der Waals surface area contributed by atoms with Crippen LogP contribution >= 0.6 is 0 Å². The minimum Gasteiger partial charge on any atom is -0.494 e. The van der Waals surface area contributed by atoms with Crippen molar-refractivity contribution in [1.82, 2.24) is 0 Å². The Morgan fingerprint density at radius 2 is 1.81 bits per heavy atom. The maximum atomic E-state index is 12.4. The fourth-order valence-electron chi connectivity index (χ4n) is 2.29. The molecule has 0 bridgehead atoms. The molecule has 0 aromatic heterocycles. The summed E-state index contributed by atoms with van der Waals surface area (Å²) in [6.45, 7) is 6.43. The molecule has 0 unspecified atom stereocenters. The molecule has 0 radical (unpaired) electrons. The summed E-state index contributed by atoms with van der Waals surface area (Å²) < 4.78 is 5.70. The van der Waals surface area contributed by atoms with Crippen molar-refractivity contribution >= 4 is 23.2 Å². The fourth-order valence-corrected chi connectivity index (χ4v) is 2.29. The third kappa shape index (κ3) is 5.62. The largest absolute Gasteiger partial charge is 0.494 e. The van der Waals surface area contributed by atoms with Crippen LogP contribution in [0.3, 0.4) is 0 Å². The monoisotopic (exact) mass is 354 g/mol. The minimum atomic E-state index is -0.202. The topological polar surface area (TPSA) is 58.6 Å². The molecule has 0 spiro atoms. The Bertz CT molecular complexity index is 754. The maximum absolute atomic E-state index is 12.4. The molecular formula is C21H26N2O3. The van der Waals surface area contributed by atoms with Gasteiger partial charge in [-0.15, -0.1) is 0 Å². The number of carbonyl (C=O) groups excluding carboxylic acids is 2. The molecule has 2 rings (SSSR count). The Morgan fingerprint density at radius 1 is 1.12 bits per heavy atom. The normalized spacial score (nSPS) is 10.5. The van der Waals surface area contributed by atoms with Crippen LogP contribution in [0.4, 0.5) is 11.4 Å². The Balaban J connectivity index is 2.00. The van der Waals surface area contributed by atoms with E-state index in [0.29, 0.717) is 29.5 Å². The first kappa shape index (κ1) is 19.5. The Kier molecular flexibility index (Phi) is 6.78. The second kappa shape index (κ2) is 9.04. The quantitative estimate of drug-likeness (QED) is 0.804. The minimum absolute atomic E-state index is 0.0453. The Labute approximate surface area is 155 Å². The van der Waals surface area contributed by atoms with E-state index in [2.05, 4.69) is 19.2 Å². The van der Waals surface area contributed by atoms with E-state index in [9.17, 15) is 9.59 Å². The van der Waals surface area contributed by atoms with Crippen molar-refractivity contribution in [3.8, 4) is 5.75 Å². The van der Waals surface area contributed by atoms with Gasteiger partial charge in [0, 0.05) is 30.9 Å². The van der Waals surface area contributed by atoms with E-state index >= 15 is 0 Å². The first-order valence-corrected chi connectivity index (χ1v) is 8.75. The zero-order chi connectivity index (χ0) is 19.1. The molecule has 1 N–H and O–H groups in total. The lowest BCUT2D eigenvalue weighted by Crippen LogP contribution is -2.22. The number of anilines is 2. The smallest absolute Gasteiger partial charge is 0.255 e. The molecule has 138 valence electrons. The molecule has 0 aliphatic carbocycles. The van der Waals surface area contributed by atoms with Crippen LogP contribution in [0.2, 0.25) is 0 Å². The van der Waals surface area contributed by atoms with E-state index in [0.717, 1.165) is 12.1 Å². The molecule has 0 aliphatic heterocycles. The van der Waals surface area contributed by atoms with E-state index in [-0.39, 0.29) is 11.8 Å². The fraction of sp³-hybridized carbons (Fsp3) is 0.333. The van der Waals surface area contributed by atoms with Crippen LogP contribution in [0, 0.1) is 5.92 Å². The van der Waals surface area contributed by atoms with Crippen LogP contribution in [0.1, 0.15) is 37.6 Å². The van der Waals surface area contributed by atoms with Crippen LogP contribution in [0.25, 0.3) is 0 Å². The number of hydrogen-bond acceptors (Lipinski definition) is 3. The van der Waals surface area contributed by atoms with Crippen molar-refractivity contribution in [3.05, 3.63) is 54.1 Å². The summed E-state index contributed by atoms with van der Waals surface area (Å²) in [6, 6.07) is 14.3. The van der Waals surface area contributed by atoms with Crippen molar-refractivity contribution in [2.75, 3.05) is 23.9 Å². The van der Waals surface area contributed by atoms with E-state index in [4.69, 9.17) is 4.74 Å². The first-order chi connectivity index (χ1) is 12.4. The summed E-state index contributed by atoms with van der Waals surface area (Å²) in [5, 5.41) is 2.86. The van der Waals surface area contributed by atoms with Gasteiger partial charge in [0.1, 0.15) is 5.75 Å². The van der Waals surface area contributed by atoms with E-state index < -0.39 is 0 Å². The highest BCUT2D eigenvalue weighted by Crippen LogP contribution is 2.19. The molecule has 0 saturated heterocycles. The summed E-state index contributed by atoms with van der Waals surface area (Å²) in [7, 11) is 1.71. The number of rotatable bonds is 7. The Morgan fingerprint density at radius 3 is 2.42 bits per heavy atom. The number of hydrogen-bond donors (Lipinski definition) is 1. The van der Waals surface area contributed by atoms with Gasteiger partial charge in [-0.25, -0.2) is 0 Å². The highest BCUT2D eigenvalue weighted by atomic mass is 16.5. The molecule has 5 nitrogen and oxygen atoms in total. The third-order valence-corrected chi connectivity index (χ3v) is 4.04. The van der Waals surface area contributed by atoms with Gasteiger partial charge in [-0.3, -0.25) is 9.59 Å². The lowest BCUT2D eigenvalue weighted by Gasteiger charge is -2.15. The average molecular weight is 354 g/mol. The van der Waals surface area contributed by atoms with Gasteiger partial charge in [0.05, 0.1) is 6.61 Å². The van der Waals surface area contributed by atoms with Gasteiger partial charge >= 0.3 is 0 Å². The first-order valence-electron chi connectivity index (χ1n) is 8.75. The number of nitrogens with zero attached hydrogens (tertiary/aromatic N) is 1. The molecule has 2 aromatic rings. The number of nitrogens with one attached hydrogen (secondary N) is 1. The maximum Gasteiger partial charge on any atom is 0.255 e. The van der Waals surface area contributed by atoms with Gasteiger partial charge in [0.2, 0.25) is 5.91 Å². The Hall–Kier alpha value is -2.82. The predicted octanol–water partition coefficient (Wildman–Crippen LogP) is 4.35. The lowest BCUT2D eigenvalue weighted by atomic mass is 10.1. The van der Waals surface area contributed by atoms with Crippen molar-refractivity contribution in [2.24, 2.45) is 5.92 Å². The second-order valence-electron chi connectivity index (χ2n) is 6.64. The van der Waals surface area contributed by atoms with Crippen molar-refractivity contribution in [3.63, 3.8) is 0 Å². The van der Waals surface area contributed by atoms with Gasteiger partial charge in [0.15, 0.2) is 0 Å². The van der Waals surface area contributed by atoms with E-state index in [1.165, 1.54) is 6.92 Å². The van der Waals surface area contributed by atoms with E-state index in [1.807, 2.05) is 12.1 Å². The summed E-state index contributed by atoms with van der Waals surface area (Å²) in [6.07, 6.45) is 0.970. The SMILES string of the molecule is CC(=O)N(C)c1ccc(NC(=O)c2cccc(OCCC(C)C)c2)cc1. The predicted molar refractivity (Wildman–Crippen MR) is 105 cm³/mol. The summed E-state index contributed by atoms with van der Waals surface area (Å²) in [4.78, 5) is 25.4. The molecule has 0 heterocycles. The number of amides is 2. The van der Waals surface area contributed by atoms with Crippen LogP contribution in [0.5, 0.6) is 5.75 Å². The third-order valence-electron chi connectivity index (χ3n) is 4.04. The van der Waals surface area contributed by atoms with Gasteiger partial charge in [-0.2, -0.15) is 0 Å². The highest BCUT2D eigenvalue weighted by Gasteiger charge is 2.09. The van der Waals surface area contributed by atoms with Gasteiger partial charge in [-0.05, 0) is 54.8 Å². The van der Waals surface area contributed by atoms with Crippen LogP contribution in [0.15, 0.2) is 48.5 Å². The van der Waals surface area contributed by atoms with Gasteiger partial charge in [0.25, 0.3) is 5.91 Å². The van der Waals surface area contributed by atoms with Crippen LogP contribution in [-0.2, 0) is 4.79 Å². The number of ether oxygens (including phenoxy) is 1. The lowest BCUT2D eigenvalue weighted by molar-refractivity contribution is -0.116. The average Bonchev–Trinajstić information content (AvgIpc) is 2.61. The zero-order valence-electron chi connectivity index (χ0n) is 15.8. The van der Waals surface area contributed by atoms with Gasteiger partial charge < -0.3 is 15.0 Å². The zero-order valence-corrected chi connectivity index (χ0v) is 15.8. The van der Waals surface area contributed by atoms with Crippen LogP contribution in [-0.4, -0.2) is 25.5 Å². The summed E-state index contributed by atoms with van der Waals surface area (Å²) in [5.74, 6) is 1.02. The molecule has 5 heteroatoms. The van der Waals surface area contributed by atoms with E-state index in [1.54, 1.807) is 48.3 Å². The highest BCUT2D eigenvalue weighted by molar-refractivity contribution is 6.04. The molecule has 0 aliphatic rings. The number of carbonyl (C=O) groups is 2. The standard InChI is InChI=1S/C21H26N2O3/c1-15(2)12-13-26-20-7-5-6-17(14-20)21(25)22-18-8-10-19(11-9-18)23(4)16(3)24/h5-11,14-15H,12-13H2,1-4H3,(H,22,25). The summed E-state index contributed by atoms with van der Waals surface area (Å²) >= 11 is 0. The van der Waals surface area contributed by atoms with Gasteiger partial charge in [-0.1, -0.05) is 19.9 Å². The summed E-state index contributed by atoms with van der Waals surface area (Å²) in [5.41, 5.74) is 1.98. The molecule has 0 atom stereocenters. The molecule has 0 saturated carbocycles. The molecule has 26 heavy (non-hydrogen) atoms. The van der Waals surface area contributed by atoms with Crippen molar-refractivity contribution in [2.45, 2.75) is 27.2 Å². The molecule has 0 fully saturated rings. The van der Waals surface area contributed by atoms with Crippen molar-refractivity contribution < 1.29 is 14.3 Å². The molecule has 2 amide bonds. The van der Waals surface area contributed by atoms with Crippen LogP contribution < -0.4 is 15.0 Å². The molecule has 2 aromatic carbocycles.